The molecule has 0 aliphatic heterocycles. The molecule has 1 unspecified atom stereocenters. The summed E-state index contributed by atoms with van der Waals surface area (Å²) < 4.78 is 42.4. The van der Waals surface area contributed by atoms with Crippen LogP contribution in [0.3, 0.4) is 0 Å². The summed E-state index contributed by atoms with van der Waals surface area (Å²) in [6.45, 7) is 2.35. The number of aryl methyl sites for hydroxylation is 1. The second-order valence-corrected chi connectivity index (χ2v) is 3.71. The Bertz CT molecular complexity index is 479. The zero-order chi connectivity index (χ0) is 14.1. The highest BCUT2D eigenvalue weighted by Gasteiger charge is 2.37. The fourth-order valence-corrected chi connectivity index (χ4v) is 1.25. The van der Waals surface area contributed by atoms with E-state index in [0.29, 0.717) is 0 Å². The number of rotatable bonds is 3. The quantitative estimate of drug-likeness (QED) is 0.922. The molecule has 1 atom stereocenters. The van der Waals surface area contributed by atoms with Gasteiger partial charge in [0.25, 0.3) is 0 Å². The van der Waals surface area contributed by atoms with Gasteiger partial charge in [0.15, 0.2) is 11.8 Å². The molecular formula is C9H8ClF3N2O3. The summed E-state index contributed by atoms with van der Waals surface area (Å²) in [5.74, 6) is -2.18. The summed E-state index contributed by atoms with van der Waals surface area (Å²) in [5.41, 5.74) is -1.36. The normalized spacial score (nSPS) is 13.2. The maximum Gasteiger partial charge on any atom is 0.435 e. The molecule has 1 N–H and O–H groups in total. The van der Waals surface area contributed by atoms with Gasteiger partial charge in [0.1, 0.15) is 10.8 Å². The van der Waals surface area contributed by atoms with Crippen molar-refractivity contribution in [2.24, 2.45) is 0 Å². The molecule has 0 amide bonds. The minimum atomic E-state index is -4.77. The van der Waals surface area contributed by atoms with Crippen LogP contribution < -0.4 is 4.74 Å². The molecule has 9 heteroatoms. The summed E-state index contributed by atoms with van der Waals surface area (Å²) in [4.78, 5) is 17.2. The maximum absolute atomic E-state index is 12.6. The van der Waals surface area contributed by atoms with E-state index in [2.05, 4.69) is 9.97 Å². The molecule has 0 fully saturated rings. The van der Waals surface area contributed by atoms with Gasteiger partial charge in [-0.1, -0.05) is 11.6 Å². The molecule has 1 aromatic heterocycles. The van der Waals surface area contributed by atoms with Crippen LogP contribution in [0.5, 0.6) is 5.88 Å². The zero-order valence-corrected chi connectivity index (χ0v) is 10.0. The minimum Gasteiger partial charge on any atom is -0.479 e. The topological polar surface area (TPSA) is 72.3 Å². The molecule has 0 spiro atoms. The number of ether oxygens (including phenoxy) is 1. The number of hydrogen-bond acceptors (Lipinski definition) is 4. The van der Waals surface area contributed by atoms with Crippen molar-refractivity contribution in [1.29, 1.82) is 0 Å². The first-order valence-corrected chi connectivity index (χ1v) is 5.01. The molecule has 0 aliphatic rings. The van der Waals surface area contributed by atoms with E-state index >= 15 is 0 Å². The number of aromatic nitrogens is 2. The number of carboxylic acid groups (broad SMARTS) is 1. The molecule has 0 bridgehead atoms. The summed E-state index contributed by atoms with van der Waals surface area (Å²) in [6.07, 6.45) is -6.15. The maximum atomic E-state index is 12.6. The van der Waals surface area contributed by atoms with Crippen LogP contribution in [0, 0.1) is 6.92 Å². The molecule has 1 aromatic rings. The van der Waals surface area contributed by atoms with E-state index in [0.717, 1.165) is 6.92 Å². The van der Waals surface area contributed by atoms with Crippen LogP contribution in [0.15, 0.2) is 0 Å². The Labute approximate surface area is 105 Å². The van der Waals surface area contributed by atoms with Crippen molar-refractivity contribution in [2.75, 3.05) is 0 Å². The molecule has 1 heterocycles. The highest BCUT2D eigenvalue weighted by molar-refractivity contribution is 6.32. The van der Waals surface area contributed by atoms with E-state index in [1.807, 2.05) is 0 Å². The molecule has 18 heavy (non-hydrogen) atoms. The van der Waals surface area contributed by atoms with Crippen molar-refractivity contribution in [3.05, 3.63) is 16.5 Å². The molecule has 1 rings (SSSR count). The Morgan fingerprint density at radius 2 is 2.00 bits per heavy atom. The fraction of sp³-hybridized carbons (Fsp3) is 0.444. The first kappa shape index (κ1) is 14.5. The van der Waals surface area contributed by atoms with Gasteiger partial charge in [-0.3, -0.25) is 0 Å². The minimum absolute atomic E-state index is 0.223. The number of alkyl halides is 3. The Kier molecular flexibility index (Phi) is 4.00. The van der Waals surface area contributed by atoms with Crippen molar-refractivity contribution in [3.63, 3.8) is 0 Å². The number of carboxylic acids is 1. The van der Waals surface area contributed by atoms with E-state index in [-0.39, 0.29) is 5.82 Å². The highest BCUT2D eigenvalue weighted by Crippen LogP contribution is 2.37. The molecule has 0 saturated heterocycles. The fourth-order valence-electron chi connectivity index (χ4n) is 1.02. The zero-order valence-electron chi connectivity index (χ0n) is 9.25. The first-order chi connectivity index (χ1) is 8.12. The predicted molar refractivity (Wildman–Crippen MR) is 54.5 cm³/mol. The summed E-state index contributed by atoms with van der Waals surface area (Å²) in [6, 6.07) is 0. The average Bonchev–Trinajstić information content (AvgIpc) is 2.21. The Morgan fingerprint density at radius 1 is 1.44 bits per heavy atom. The first-order valence-electron chi connectivity index (χ1n) is 4.63. The number of hydrogen-bond donors (Lipinski definition) is 1. The van der Waals surface area contributed by atoms with E-state index in [1.165, 1.54) is 6.92 Å². The van der Waals surface area contributed by atoms with Crippen molar-refractivity contribution in [3.8, 4) is 5.88 Å². The largest absolute Gasteiger partial charge is 0.479 e. The van der Waals surface area contributed by atoms with Gasteiger partial charge in [-0.05, 0) is 13.8 Å². The van der Waals surface area contributed by atoms with Crippen LogP contribution in [0.25, 0.3) is 0 Å². The number of nitrogens with zero attached hydrogens (tertiary/aromatic N) is 2. The van der Waals surface area contributed by atoms with Crippen molar-refractivity contribution < 1.29 is 27.8 Å². The lowest BCUT2D eigenvalue weighted by Crippen LogP contribution is -2.24. The van der Waals surface area contributed by atoms with E-state index in [9.17, 15) is 18.0 Å². The molecule has 0 saturated carbocycles. The second kappa shape index (κ2) is 4.97. The van der Waals surface area contributed by atoms with E-state index < -0.39 is 34.8 Å². The van der Waals surface area contributed by atoms with Crippen molar-refractivity contribution in [1.82, 2.24) is 9.97 Å². The van der Waals surface area contributed by atoms with Gasteiger partial charge in [-0.25, -0.2) is 9.78 Å². The molecular weight excluding hydrogens is 277 g/mol. The van der Waals surface area contributed by atoms with Crippen LogP contribution in [-0.4, -0.2) is 27.1 Å². The molecule has 0 aromatic carbocycles. The van der Waals surface area contributed by atoms with Crippen molar-refractivity contribution in [2.45, 2.75) is 26.1 Å². The van der Waals surface area contributed by atoms with Crippen LogP contribution in [-0.2, 0) is 11.0 Å². The lowest BCUT2D eigenvalue weighted by molar-refractivity contribution is -0.144. The summed E-state index contributed by atoms with van der Waals surface area (Å²) in [5, 5.41) is 7.74. The predicted octanol–water partition coefficient (Wildman–Crippen LogP) is 2.31. The number of halogens is 4. The Hall–Kier alpha value is -1.57. The van der Waals surface area contributed by atoms with Crippen molar-refractivity contribution >= 4 is 17.6 Å². The highest BCUT2D eigenvalue weighted by atomic mass is 35.5. The van der Waals surface area contributed by atoms with Crippen LogP contribution in [0.1, 0.15) is 18.4 Å². The molecule has 100 valence electrons. The van der Waals surface area contributed by atoms with E-state index in [4.69, 9.17) is 21.4 Å². The van der Waals surface area contributed by atoms with Gasteiger partial charge in [0.05, 0.1) is 0 Å². The lowest BCUT2D eigenvalue weighted by Gasteiger charge is -2.14. The molecule has 0 radical (unpaired) electrons. The van der Waals surface area contributed by atoms with Crippen LogP contribution >= 0.6 is 11.6 Å². The standard InChI is InChI=1S/C9H8ClF3N2O3/c1-3(8(16)17)18-7-5(10)6(9(11,12)13)14-4(2)15-7/h3H,1-2H3,(H,16,17). The van der Waals surface area contributed by atoms with Gasteiger partial charge in [0, 0.05) is 0 Å². The SMILES string of the molecule is Cc1nc(OC(C)C(=O)O)c(Cl)c(C(F)(F)F)n1. The monoisotopic (exact) mass is 284 g/mol. The lowest BCUT2D eigenvalue weighted by atomic mass is 10.3. The Morgan fingerprint density at radius 3 is 2.44 bits per heavy atom. The number of carbonyl (C=O) groups is 1. The van der Waals surface area contributed by atoms with Crippen LogP contribution in [0.2, 0.25) is 5.02 Å². The van der Waals surface area contributed by atoms with Gasteiger partial charge in [0.2, 0.25) is 5.88 Å². The third kappa shape index (κ3) is 3.22. The van der Waals surface area contributed by atoms with Crippen LogP contribution in [0.4, 0.5) is 13.2 Å². The van der Waals surface area contributed by atoms with Gasteiger partial charge < -0.3 is 9.84 Å². The van der Waals surface area contributed by atoms with Gasteiger partial charge >= 0.3 is 12.1 Å². The van der Waals surface area contributed by atoms with E-state index in [1.54, 1.807) is 0 Å². The number of aliphatic carboxylic acids is 1. The summed E-state index contributed by atoms with van der Waals surface area (Å²) >= 11 is 5.45. The Balaban J connectivity index is 3.22. The summed E-state index contributed by atoms with van der Waals surface area (Å²) in [7, 11) is 0. The molecule has 0 aliphatic carbocycles. The second-order valence-electron chi connectivity index (χ2n) is 3.33. The third-order valence-electron chi connectivity index (χ3n) is 1.84. The third-order valence-corrected chi connectivity index (χ3v) is 2.18. The molecule has 5 nitrogen and oxygen atoms in total. The van der Waals surface area contributed by atoms with Gasteiger partial charge in [-0.15, -0.1) is 0 Å². The van der Waals surface area contributed by atoms with Gasteiger partial charge in [-0.2, -0.15) is 18.2 Å². The smallest absolute Gasteiger partial charge is 0.435 e. The average molecular weight is 285 g/mol.